The molecule has 0 aliphatic carbocycles. The van der Waals surface area contributed by atoms with Gasteiger partial charge in [-0.05, 0) is 59.2 Å². The molecule has 0 aromatic carbocycles. The maximum Gasteiger partial charge on any atom is 0.223 e. The van der Waals surface area contributed by atoms with Gasteiger partial charge in [0.25, 0.3) is 0 Å². The van der Waals surface area contributed by atoms with Gasteiger partial charge >= 0.3 is 0 Å². The molecule has 0 unspecified atom stereocenters. The van der Waals surface area contributed by atoms with Gasteiger partial charge in [0.2, 0.25) is 5.28 Å². The molecule has 2 aromatic heterocycles. The van der Waals surface area contributed by atoms with Crippen LogP contribution in [0.5, 0.6) is 0 Å². The predicted molar refractivity (Wildman–Crippen MR) is 70.4 cm³/mol. The average molecular weight is 332 g/mol. The first-order chi connectivity index (χ1) is 8.04. The van der Waals surface area contributed by atoms with Gasteiger partial charge in [0, 0.05) is 17.6 Å². The molecule has 0 saturated heterocycles. The summed E-state index contributed by atoms with van der Waals surface area (Å²) in [5.74, 6) is 0. The van der Waals surface area contributed by atoms with Crippen molar-refractivity contribution in [3.05, 3.63) is 33.4 Å². The fourth-order valence-corrected chi connectivity index (χ4v) is 2.68. The van der Waals surface area contributed by atoms with E-state index in [0.717, 1.165) is 15.9 Å². The van der Waals surface area contributed by atoms with E-state index in [1.165, 1.54) is 11.8 Å². The lowest BCUT2D eigenvalue weighted by molar-refractivity contribution is 0.896. The van der Waals surface area contributed by atoms with Crippen molar-refractivity contribution in [3.63, 3.8) is 0 Å². The predicted octanol–water partition coefficient (Wildman–Crippen LogP) is 3.45. The van der Waals surface area contributed by atoms with Crippen LogP contribution in [0.15, 0.2) is 26.9 Å². The molecule has 4 nitrogen and oxygen atoms in total. The molecule has 0 bridgehead atoms. The minimum absolute atomic E-state index is 0.208. The molecule has 88 valence electrons. The van der Waals surface area contributed by atoms with E-state index in [0.29, 0.717) is 10.2 Å². The van der Waals surface area contributed by atoms with E-state index < -0.39 is 0 Å². The summed E-state index contributed by atoms with van der Waals surface area (Å²) >= 11 is 10.5. The van der Waals surface area contributed by atoms with Gasteiger partial charge in [0.05, 0.1) is 4.47 Å². The Labute approximate surface area is 116 Å². The highest BCUT2D eigenvalue weighted by Gasteiger charge is 2.09. The monoisotopic (exact) mass is 330 g/mol. The molecule has 0 spiro atoms. The van der Waals surface area contributed by atoms with E-state index in [2.05, 4.69) is 35.9 Å². The second-order valence-corrected chi connectivity index (χ2v) is 5.48. The fraction of sp³-hybridized carbons (Fsp3) is 0.200. The number of halogens is 2. The molecule has 2 aromatic rings. The van der Waals surface area contributed by atoms with Gasteiger partial charge in [-0.25, -0.2) is 19.9 Å². The Kier molecular flexibility index (Phi) is 3.96. The third-order valence-corrected chi connectivity index (χ3v) is 3.73. The lowest BCUT2D eigenvalue weighted by Gasteiger charge is -2.03. The quantitative estimate of drug-likeness (QED) is 0.623. The zero-order chi connectivity index (χ0) is 12.4. The molecule has 0 atom stereocenters. The first-order valence-electron chi connectivity index (χ1n) is 4.73. The van der Waals surface area contributed by atoms with Gasteiger partial charge in [0.15, 0.2) is 5.16 Å². The second kappa shape index (κ2) is 5.29. The first kappa shape index (κ1) is 12.7. The summed E-state index contributed by atoms with van der Waals surface area (Å²) in [5.41, 5.74) is 1.85. The Bertz CT molecular complexity index is 544. The van der Waals surface area contributed by atoms with Crippen LogP contribution in [0.3, 0.4) is 0 Å². The number of aryl methyl sites for hydroxylation is 2. The van der Waals surface area contributed by atoms with Crippen molar-refractivity contribution >= 4 is 39.3 Å². The van der Waals surface area contributed by atoms with Crippen LogP contribution >= 0.6 is 39.3 Å². The van der Waals surface area contributed by atoms with Crippen molar-refractivity contribution in [1.29, 1.82) is 0 Å². The smallest absolute Gasteiger partial charge is 0.223 e. The van der Waals surface area contributed by atoms with Crippen molar-refractivity contribution in [1.82, 2.24) is 19.9 Å². The summed E-state index contributed by atoms with van der Waals surface area (Å²) in [6.07, 6.45) is 1.61. The van der Waals surface area contributed by atoms with E-state index in [9.17, 15) is 0 Å². The van der Waals surface area contributed by atoms with Crippen molar-refractivity contribution in [2.45, 2.75) is 24.0 Å². The minimum Gasteiger partial charge on any atom is -0.228 e. The highest BCUT2D eigenvalue weighted by molar-refractivity contribution is 9.10. The van der Waals surface area contributed by atoms with Crippen LogP contribution in [0.25, 0.3) is 0 Å². The average Bonchev–Trinajstić information content (AvgIpc) is 2.22. The van der Waals surface area contributed by atoms with E-state index >= 15 is 0 Å². The number of hydrogen-bond acceptors (Lipinski definition) is 5. The van der Waals surface area contributed by atoms with Crippen LogP contribution in [-0.2, 0) is 0 Å². The Morgan fingerprint density at radius 3 is 2.47 bits per heavy atom. The van der Waals surface area contributed by atoms with E-state index in [1.54, 1.807) is 6.20 Å². The Morgan fingerprint density at radius 2 is 1.82 bits per heavy atom. The van der Waals surface area contributed by atoms with Crippen molar-refractivity contribution in [3.8, 4) is 0 Å². The molecular weight excluding hydrogens is 324 g/mol. The van der Waals surface area contributed by atoms with Crippen LogP contribution in [0.2, 0.25) is 5.28 Å². The van der Waals surface area contributed by atoms with Gasteiger partial charge in [-0.2, -0.15) is 0 Å². The van der Waals surface area contributed by atoms with Crippen molar-refractivity contribution in [2.75, 3.05) is 0 Å². The largest absolute Gasteiger partial charge is 0.228 e. The molecule has 7 heteroatoms. The van der Waals surface area contributed by atoms with Crippen LogP contribution in [-0.4, -0.2) is 19.9 Å². The summed E-state index contributed by atoms with van der Waals surface area (Å²) in [6, 6.07) is 1.92. The second-order valence-electron chi connectivity index (χ2n) is 3.33. The number of aromatic nitrogens is 4. The maximum absolute atomic E-state index is 5.75. The molecule has 2 heterocycles. The van der Waals surface area contributed by atoms with Crippen LogP contribution in [0.4, 0.5) is 0 Å². The molecule has 2 rings (SSSR count). The van der Waals surface area contributed by atoms with Crippen LogP contribution in [0.1, 0.15) is 11.4 Å². The standard InChI is InChI=1S/C10H8BrClN4S/c1-5-3-6(2)15-10(14-5)17-8-7(11)4-13-9(12)16-8/h3-4H,1-2H3. The fourth-order valence-electron chi connectivity index (χ4n) is 1.23. The lowest BCUT2D eigenvalue weighted by atomic mass is 10.4. The minimum atomic E-state index is 0.208. The molecule has 0 N–H and O–H groups in total. The molecule has 0 aliphatic heterocycles. The van der Waals surface area contributed by atoms with Crippen molar-refractivity contribution < 1.29 is 0 Å². The highest BCUT2D eigenvalue weighted by Crippen LogP contribution is 2.30. The van der Waals surface area contributed by atoms with Gasteiger partial charge in [-0.15, -0.1) is 0 Å². The van der Waals surface area contributed by atoms with Crippen LogP contribution in [0, 0.1) is 13.8 Å². The Balaban J connectivity index is 2.34. The van der Waals surface area contributed by atoms with E-state index in [-0.39, 0.29) is 5.28 Å². The number of hydrogen-bond donors (Lipinski definition) is 0. The lowest BCUT2D eigenvalue weighted by Crippen LogP contribution is -1.94. The summed E-state index contributed by atoms with van der Waals surface area (Å²) in [7, 11) is 0. The van der Waals surface area contributed by atoms with Gasteiger partial charge in [-0.3, -0.25) is 0 Å². The topological polar surface area (TPSA) is 51.6 Å². The van der Waals surface area contributed by atoms with Crippen molar-refractivity contribution in [2.24, 2.45) is 0 Å². The summed E-state index contributed by atoms with van der Waals surface area (Å²) < 4.78 is 0.773. The van der Waals surface area contributed by atoms with Crippen LogP contribution < -0.4 is 0 Å². The molecule has 0 radical (unpaired) electrons. The van der Waals surface area contributed by atoms with Gasteiger partial charge in [0.1, 0.15) is 5.03 Å². The Morgan fingerprint density at radius 1 is 1.18 bits per heavy atom. The Hall–Kier alpha value is -0.720. The molecule has 0 aliphatic rings. The summed E-state index contributed by atoms with van der Waals surface area (Å²) in [5, 5.41) is 1.56. The highest BCUT2D eigenvalue weighted by atomic mass is 79.9. The molecule has 0 amide bonds. The zero-order valence-electron chi connectivity index (χ0n) is 9.11. The molecule has 0 saturated carbocycles. The molecule has 0 fully saturated rings. The maximum atomic E-state index is 5.75. The van der Waals surface area contributed by atoms with Gasteiger partial charge in [-0.1, -0.05) is 0 Å². The zero-order valence-corrected chi connectivity index (χ0v) is 12.3. The summed E-state index contributed by atoms with van der Waals surface area (Å²) in [4.78, 5) is 16.6. The molecular formula is C10H8BrClN4S. The summed E-state index contributed by atoms with van der Waals surface area (Å²) in [6.45, 7) is 3.86. The number of nitrogens with zero attached hydrogens (tertiary/aromatic N) is 4. The van der Waals surface area contributed by atoms with E-state index in [1.807, 2.05) is 19.9 Å². The van der Waals surface area contributed by atoms with E-state index in [4.69, 9.17) is 11.6 Å². The first-order valence-corrected chi connectivity index (χ1v) is 6.71. The van der Waals surface area contributed by atoms with Gasteiger partial charge < -0.3 is 0 Å². The molecule has 17 heavy (non-hydrogen) atoms. The third-order valence-electron chi connectivity index (χ3n) is 1.83. The normalized spacial score (nSPS) is 10.6. The SMILES string of the molecule is Cc1cc(C)nc(Sc2nc(Cl)ncc2Br)n1. The number of rotatable bonds is 2. The third kappa shape index (κ3) is 3.37.